The summed E-state index contributed by atoms with van der Waals surface area (Å²) in [6, 6.07) is 10.2. The zero-order valence-corrected chi connectivity index (χ0v) is 19.2. The SMILES string of the molecule is CCNC(=NCCCc1cn(-c2ccccc2)nc1C)N1CCOC(c2cnn(C)c2)C1. The van der Waals surface area contributed by atoms with Gasteiger partial charge in [-0.2, -0.15) is 10.2 Å². The fraction of sp³-hybridized carbons (Fsp3) is 0.458. The normalized spacial score (nSPS) is 17.0. The molecule has 1 fully saturated rings. The minimum atomic E-state index is 0.0211. The molecule has 0 spiro atoms. The van der Waals surface area contributed by atoms with E-state index < -0.39 is 0 Å². The van der Waals surface area contributed by atoms with Crippen LogP contribution in [0.5, 0.6) is 0 Å². The lowest BCUT2D eigenvalue weighted by molar-refractivity contribution is -0.00804. The molecule has 0 aliphatic carbocycles. The quantitative estimate of drug-likeness (QED) is 0.351. The predicted molar refractivity (Wildman–Crippen MR) is 126 cm³/mol. The van der Waals surface area contributed by atoms with E-state index in [1.807, 2.05) is 47.0 Å². The average molecular weight is 436 g/mol. The molecule has 0 amide bonds. The van der Waals surface area contributed by atoms with Crippen molar-refractivity contribution in [2.24, 2.45) is 12.0 Å². The highest BCUT2D eigenvalue weighted by Gasteiger charge is 2.25. The van der Waals surface area contributed by atoms with Gasteiger partial charge in [-0.15, -0.1) is 0 Å². The van der Waals surface area contributed by atoms with E-state index in [1.165, 1.54) is 5.56 Å². The van der Waals surface area contributed by atoms with Crippen LogP contribution in [0.1, 0.15) is 36.3 Å². The Balaban J connectivity index is 1.35. The molecule has 1 unspecified atom stereocenters. The molecule has 2 aromatic heterocycles. The summed E-state index contributed by atoms with van der Waals surface area (Å²) < 4.78 is 9.77. The maximum Gasteiger partial charge on any atom is 0.194 e. The summed E-state index contributed by atoms with van der Waals surface area (Å²) in [5.41, 5.74) is 4.55. The molecule has 1 atom stereocenters. The van der Waals surface area contributed by atoms with E-state index in [2.05, 4.69) is 52.6 Å². The molecule has 1 N–H and O–H groups in total. The van der Waals surface area contributed by atoms with Crippen molar-refractivity contribution in [3.05, 3.63) is 65.7 Å². The molecule has 3 heterocycles. The van der Waals surface area contributed by atoms with Crippen molar-refractivity contribution in [1.29, 1.82) is 0 Å². The Labute approximate surface area is 189 Å². The van der Waals surface area contributed by atoms with E-state index in [4.69, 9.17) is 9.73 Å². The number of rotatable bonds is 7. The molecule has 1 aliphatic rings. The van der Waals surface area contributed by atoms with Crippen molar-refractivity contribution < 1.29 is 4.74 Å². The van der Waals surface area contributed by atoms with Crippen molar-refractivity contribution in [1.82, 2.24) is 29.8 Å². The number of aliphatic imine (C=N–C) groups is 1. The lowest BCUT2D eigenvalue weighted by Gasteiger charge is -2.34. The van der Waals surface area contributed by atoms with Gasteiger partial charge in [0.05, 0.1) is 30.7 Å². The number of morpholine rings is 1. The zero-order valence-electron chi connectivity index (χ0n) is 19.2. The van der Waals surface area contributed by atoms with Crippen molar-refractivity contribution in [2.75, 3.05) is 32.8 Å². The van der Waals surface area contributed by atoms with Crippen LogP contribution in [0.25, 0.3) is 5.69 Å². The molecule has 8 nitrogen and oxygen atoms in total. The highest BCUT2D eigenvalue weighted by molar-refractivity contribution is 5.80. The Morgan fingerprint density at radius 1 is 1.25 bits per heavy atom. The molecule has 4 rings (SSSR count). The van der Waals surface area contributed by atoms with Crippen LogP contribution in [0, 0.1) is 6.92 Å². The van der Waals surface area contributed by atoms with Gasteiger partial charge >= 0.3 is 0 Å². The Kier molecular flexibility index (Phi) is 7.21. The van der Waals surface area contributed by atoms with Crippen LogP contribution >= 0.6 is 0 Å². The molecule has 1 aromatic carbocycles. The monoisotopic (exact) mass is 435 g/mol. The average Bonchev–Trinajstić information content (AvgIpc) is 3.42. The maximum absolute atomic E-state index is 5.98. The van der Waals surface area contributed by atoms with Gasteiger partial charge in [-0.25, -0.2) is 4.68 Å². The van der Waals surface area contributed by atoms with Crippen molar-refractivity contribution in [3.8, 4) is 5.69 Å². The second-order valence-electron chi connectivity index (χ2n) is 8.11. The fourth-order valence-corrected chi connectivity index (χ4v) is 3.98. The largest absolute Gasteiger partial charge is 0.370 e. The number of ether oxygens (including phenoxy) is 1. The maximum atomic E-state index is 5.98. The van der Waals surface area contributed by atoms with Gasteiger partial charge in [-0.05, 0) is 44.4 Å². The van der Waals surface area contributed by atoms with E-state index in [9.17, 15) is 0 Å². The summed E-state index contributed by atoms with van der Waals surface area (Å²) in [6.07, 6.45) is 8.01. The van der Waals surface area contributed by atoms with Crippen LogP contribution in [0.4, 0.5) is 0 Å². The molecular weight excluding hydrogens is 402 g/mol. The second kappa shape index (κ2) is 10.5. The van der Waals surface area contributed by atoms with Gasteiger partial charge in [0.15, 0.2) is 5.96 Å². The number of para-hydroxylation sites is 1. The standard InChI is InChI=1S/C24H33N7O/c1-4-25-24(30-13-14-32-23(18-30)21-15-27-29(3)16-21)26-12-8-9-20-17-31(28-19(20)2)22-10-6-5-7-11-22/h5-7,10-11,15-17,23H,4,8-9,12-14,18H2,1-3H3,(H,25,26). The van der Waals surface area contributed by atoms with Crippen molar-refractivity contribution in [2.45, 2.75) is 32.8 Å². The summed E-state index contributed by atoms with van der Waals surface area (Å²) in [7, 11) is 1.93. The molecular formula is C24H33N7O. The fourth-order valence-electron chi connectivity index (χ4n) is 3.98. The minimum absolute atomic E-state index is 0.0211. The first kappa shape index (κ1) is 22.1. The Morgan fingerprint density at radius 3 is 2.84 bits per heavy atom. The highest BCUT2D eigenvalue weighted by Crippen LogP contribution is 2.21. The second-order valence-corrected chi connectivity index (χ2v) is 8.11. The van der Waals surface area contributed by atoms with Crippen LogP contribution in [-0.4, -0.2) is 63.2 Å². The van der Waals surface area contributed by atoms with Crippen LogP contribution < -0.4 is 5.32 Å². The van der Waals surface area contributed by atoms with Gasteiger partial charge < -0.3 is 15.0 Å². The van der Waals surface area contributed by atoms with E-state index in [0.29, 0.717) is 6.61 Å². The third-order valence-electron chi connectivity index (χ3n) is 5.68. The topological polar surface area (TPSA) is 72.5 Å². The summed E-state index contributed by atoms with van der Waals surface area (Å²) in [6.45, 7) is 8.10. The predicted octanol–water partition coefficient (Wildman–Crippen LogP) is 2.89. The van der Waals surface area contributed by atoms with Gasteiger partial charge in [0.2, 0.25) is 0 Å². The van der Waals surface area contributed by atoms with Gasteiger partial charge in [-0.1, -0.05) is 18.2 Å². The summed E-state index contributed by atoms with van der Waals surface area (Å²) in [4.78, 5) is 7.20. The zero-order chi connectivity index (χ0) is 22.3. The molecule has 1 aliphatic heterocycles. The molecule has 0 bridgehead atoms. The summed E-state index contributed by atoms with van der Waals surface area (Å²) >= 11 is 0. The van der Waals surface area contributed by atoms with Crippen LogP contribution in [0.2, 0.25) is 0 Å². The van der Waals surface area contributed by atoms with Crippen LogP contribution in [0.15, 0.2) is 53.9 Å². The Bertz CT molecular complexity index is 1020. The van der Waals surface area contributed by atoms with Crippen molar-refractivity contribution in [3.63, 3.8) is 0 Å². The number of nitrogens with zero attached hydrogens (tertiary/aromatic N) is 6. The minimum Gasteiger partial charge on any atom is -0.370 e. The highest BCUT2D eigenvalue weighted by atomic mass is 16.5. The first-order valence-corrected chi connectivity index (χ1v) is 11.4. The van der Waals surface area contributed by atoms with Crippen molar-refractivity contribution >= 4 is 5.96 Å². The Morgan fingerprint density at radius 2 is 2.09 bits per heavy atom. The number of benzene rings is 1. The van der Waals surface area contributed by atoms with Gasteiger partial charge in [0, 0.05) is 44.6 Å². The number of nitrogens with one attached hydrogen (secondary N) is 1. The lowest BCUT2D eigenvalue weighted by Crippen LogP contribution is -2.48. The number of hydrogen-bond donors (Lipinski definition) is 1. The summed E-state index contributed by atoms with van der Waals surface area (Å²) in [5.74, 6) is 0.960. The van der Waals surface area contributed by atoms with Gasteiger partial charge in [-0.3, -0.25) is 9.67 Å². The molecule has 8 heteroatoms. The molecule has 32 heavy (non-hydrogen) atoms. The first-order valence-electron chi connectivity index (χ1n) is 11.4. The van der Waals surface area contributed by atoms with Gasteiger partial charge in [0.25, 0.3) is 0 Å². The molecule has 3 aromatic rings. The number of hydrogen-bond acceptors (Lipinski definition) is 4. The van der Waals surface area contributed by atoms with E-state index in [0.717, 1.165) is 61.9 Å². The van der Waals surface area contributed by atoms with Gasteiger partial charge in [0.1, 0.15) is 6.10 Å². The first-order chi connectivity index (χ1) is 15.6. The van der Waals surface area contributed by atoms with E-state index >= 15 is 0 Å². The smallest absolute Gasteiger partial charge is 0.194 e. The molecule has 0 saturated carbocycles. The number of guanidine groups is 1. The van der Waals surface area contributed by atoms with E-state index in [1.54, 1.807) is 0 Å². The number of aromatic nitrogens is 4. The van der Waals surface area contributed by atoms with E-state index in [-0.39, 0.29) is 6.10 Å². The molecule has 0 radical (unpaired) electrons. The lowest BCUT2D eigenvalue weighted by atomic mass is 10.1. The Hall–Kier alpha value is -3.13. The third-order valence-corrected chi connectivity index (χ3v) is 5.68. The molecule has 1 saturated heterocycles. The van der Waals surface area contributed by atoms with Crippen LogP contribution in [-0.2, 0) is 18.2 Å². The number of aryl methyl sites for hydroxylation is 3. The van der Waals surface area contributed by atoms with Crippen LogP contribution in [0.3, 0.4) is 0 Å². The summed E-state index contributed by atoms with van der Waals surface area (Å²) in [5, 5.41) is 12.4. The third kappa shape index (κ3) is 5.37. The molecule has 170 valence electrons.